The van der Waals surface area contributed by atoms with E-state index in [-0.39, 0.29) is 11.0 Å². The predicted octanol–water partition coefficient (Wildman–Crippen LogP) is 4.13. The second kappa shape index (κ2) is 10.8. The Kier molecular flexibility index (Phi) is 7.96. The summed E-state index contributed by atoms with van der Waals surface area (Å²) in [5, 5.41) is 9.26. The van der Waals surface area contributed by atoms with Crippen LogP contribution in [0.15, 0.2) is 58.6 Å². The molecular formula is C28H39N5O3S. The number of nitrogens with one attached hydrogen (secondary N) is 3. The Morgan fingerprint density at radius 3 is 2.51 bits per heavy atom. The Hall–Kier alpha value is -2.88. The molecule has 0 bridgehead atoms. The lowest BCUT2D eigenvalue weighted by Crippen LogP contribution is -2.49. The molecular weight excluding hydrogens is 486 g/mol. The van der Waals surface area contributed by atoms with Crippen LogP contribution in [0.3, 0.4) is 0 Å². The van der Waals surface area contributed by atoms with E-state index in [0.717, 1.165) is 37.1 Å². The van der Waals surface area contributed by atoms with Crippen LogP contribution >= 0.6 is 0 Å². The van der Waals surface area contributed by atoms with Gasteiger partial charge in [0, 0.05) is 6.20 Å². The Balaban J connectivity index is 1.73. The van der Waals surface area contributed by atoms with Crippen molar-refractivity contribution in [1.82, 2.24) is 10.6 Å². The summed E-state index contributed by atoms with van der Waals surface area (Å²) in [5.74, 6) is 0.316. The molecule has 0 amide bonds. The van der Waals surface area contributed by atoms with Crippen LogP contribution < -0.4 is 26.4 Å². The number of nitrogens with two attached hydrogens (primary N) is 1. The fourth-order valence-corrected chi connectivity index (χ4v) is 6.05. The lowest BCUT2D eigenvalue weighted by molar-refractivity contribution is 0.231. The molecule has 9 heteroatoms. The zero-order valence-corrected chi connectivity index (χ0v) is 23.2. The number of rotatable bonds is 7. The van der Waals surface area contributed by atoms with Crippen molar-refractivity contribution in [3.05, 3.63) is 65.4 Å². The van der Waals surface area contributed by atoms with Crippen molar-refractivity contribution in [2.45, 2.75) is 75.4 Å². The molecule has 1 atom stereocenters. The van der Waals surface area contributed by atoms with Gasteiger partial charge in [0.15, 0.2) is 9.84 Å². The van der Waals surface area contributed by atoms with Crippen molar-refractivity contribution in [2.24, 2.45) is 10.7 Å². The normalized spacial score (nSPS) is 20.6. The molecule has 0 aliphatic carbocycles. The maximum absolute atomic E-state index is 12.9. The van der Waals surface area contributed by atoms with Gasteiger partial charge in [0.05, 0.1) is 27.5 Å². The largest absolute Gasteiger partial charge is 0.490 e. The van der Waals surface area contributed by atoms with Crippen LogP contribution in [0.4, 0.5) is 5.69 Å². The molecule has 8 nitrogen and oxygen atoms in total. The number of benzene rings is 2. The Morgan fingerprint density at radius 1 is 1.14 bits per heavy atom. The van der Waals surface area contributed by atoms with Crippen molar-refractivity contribution in [2.75, 3.05) is 18.4 Å². The Morgan fingerprint density at radius 2 is 1.84 bits per heavy atom. The van der Waals surface area contributed by atoms with Gasteiger partial charge in [-0.2, -0.15) is 0 Å². The van der Waals surface area contributed by atoms with Gasteiger partial charge < -0.3 is 20.7 Å². The van der Waals surface area contributed by atoms with Crippen LogP contribution in [0.2, 0.25) is 0 Å². The third-order valence-electron chi connectivity index (χ3n) is 6.84. The molecule has 0 aromatic heterocycles. The highest BCUT2D eigenvalue weighted by Crippen LogP contribution is 2.37. The first-order chi connectivity index (χ1) is 17.5. The number of hydrogen-bond donors (Lipinski definition) is 4. The third kappa shape index (κ3) is 5.84. The van der Waals surface area contributed by atoms with E-state index in [0.29, 0.717) is 23.2 Å². The summed E-state index contributed by atoms with van der Waals surface area (Å²) in [7, 11) is -3.49. The van der Waals surface area contributed by atoms with E-state index in [1.807, 2.05) is 13.8 Å². The van der Waals surface area contributed by atoms with Gasteiger partial charge >= 0.3 is 0 Å². The first kappa shape index (κ1) is 27.2. The van der Waals surface area contributed by atoms with Crippen molar-refractivity contribution in [3.8, 4) is 5.75 Å². The lowest BCUT2D eigenvalue weighted by atomic mass is 9.85. The van der Waals surface area contributed by atoms with Gasteiger partial charge in [-0.05, 0) is 108 Å². The number of para-hydroxylation sites is 1. The van der Waals surface area contributed by atoms with E-state index in [1.54, 1.807) is 50.4 Å². The smallest absolute Gasteiger partial charge is 0.214 e. The maximum atomic E-state index is 12.9. The zero-order valence-electron chi connectivity index (χ0n) is 22.3. The standard InChI is InChI=1S/C28H39N5O3S/c1-18(2)36-25-17-22(21-10-13-30-14-11-21)20(5)16-23(25)28(29)31-15-12-27(33-28)32-24-8-6-7-9-26(24)37(34,35)19(3)4/h6-9,12,15-19,21,30-31H,10-11,13-14,29H2,1-5H3,(H,32,33). The number of nitrogens with zero attached hydrogens (tertiary/aromatic N) is 1. The minimum atomic E-state index is -3.49. The Labute approximate surface area is 220 Å². The molecule has 1 saturated heterocycles. The number of sulfone groups is 1. The number of piperidine rings is 1. The highest BCUT2D eigenvalue weighted by Gasteiger charge is 2.34. The molecule has 2 aromatic rings. The van der Waals surface area contributed by atoms with Gasteiger partial charge in [0.1, 0.15) is 11.6 Å². The van der Waals surface area contributed by atoms with Crippen molar-refractivity contribution in [3.63, 3.8) is 0 Å². The summed E-state index contributed by atoms with van der Waals surface area (Å²) in [5.41, 5.74) is 10.5. The second-order valence-corrected chi connectivity index (χ2v) is 12.8. The van der Waals surface area contributed by atoms with E-state index >= 15 is 0 Å². The number of aryl methyl sites for hydroxylation is 1. The SMILES string of the molecule is Cc1cc(C2(N)N=C(Nc3ccccc3S(=O)(=O)C(C)C)C=CN2)c(OC(C)C)cc1C1CCNCC1. The zero-order chi connectivity index (χ0) is 26.8. The monoisotopic (exact) mass is 525 g/mol. The lowest BCUT2D eigenvalue weighted by Gasteiger charge is -2.33. The summed E-state index contributed by atoms with van der Waals surface area (Å²) in [4.78, 5) is 5.03. The van der Waals surface area contributed by atoms with Gasteiger partial charge in [-0.3, -0.25) is 5.73 Å². The first-order valence-corrected chi connectivity index (χ1v) is 14.5. The summed E-state index contributed by atoms with van der Waals surface area (Å²) in [6.07, 6.45) is 5.59. The number of aliphatic imine (C=N–C) groups is 1. The molecule has 2 heterocycles. The molecule has 0 saturated carbocycles. The van der Waals surface area contributed by atoms with E-state index < -0.39 is 20.9 Å². The number of hydrogen-bond acceptors (Lipinski definition) is 8. The van der Waals surface area contributed by atoms with Crippen molar-refractivity contribution < 1.29 is 13.2 Å². The van der Waals surface area contributed by atoms with E-state index in [2.05, 4.69) is 35.0 Å². The average molecular weight is 526 g/mol. The molecule has 1 fully saturated rings. The van der Waals surface area contributed by atoms with Gasteiger partial charge in [-0.15, -0.1) is 0 Å². The van der Waals surface area contributed by atoms with Crippen LogP contribution in [0.5, 0.6) is 5.75 Å². The maximum Gasteiger partial charge on any atom is 0.214 e. The van der Waals surface area contributed by atoms with E-state index in [1.165, 1.54) is 5.56 Å². The molecule has 0 radical (unpaired) electrons. The molecule has 2 aromatic carbocycles. The summed E-state index contributed by atoms with van der Waals surface area (Å²) >= 11 is 0. The van der Waals surface area contributed by atoms with Gasteiger partial charge in [-0.1, -0.05) is 12.1 Å². The molecule has 5 N–H and O–H groups in total. The molecule has 1 unspecified atom stereocenters. The highest BCUT2D eigenvalue weighted by molar-refractivity contribution is 7.92. The van der Waals surface area contributed by atoms with Crippen LogP contribution in [0.25, 0.3) is 0 Å². The molecule has 0 spiro atoms. The minimum Gasteiger partial charge on any atom is -0.490 e. The predicted molar refractivity (Wildman–Crippen MR) is 150 cm³/mol. The van der Waals surface area contributed by atoms with Gasteiger partial charge in [0.25, 0.3) is 0 Å². The van der Waals surface area contributed by atoms with E-state index in [4.69, 9.17) is 15.5 Å². The molecule has 2 aliphatic heterocycles. The number of anilines is 1. The fourth-order valence-electron chi connectivity index (χ4n) is 4.85. The van der Waals surface area contributed by atoms with Crippen LogP contribution in [-0.2, 0) is 15.6 Å². The van der Waals surface area contributed by atoms with Crippen LogP contribution in [0.1, 0.15) is 63.1 Å². The molecule has 4 rings (SSSR count). The van der Waals surface area contributed by atoms with Gasteiger partial charge in [-0.25, -0.2) is 13.4 Å². The first-order valence-electron chi connectivity index (χ1n) is 13.0. The highest BCUT2D eigenvalue weighted by atomic mass is 32.2. The number of amidine groups is 1. The van der Waals surface area contributed by atoms with Gasteiger partial charge in [0.2, 0.25) is 5.79 Å². The summed E-state index contributed by atoms with van der Waals surface area (Å²) in [6, 6.07) is 11.0. The van der Waals surface area contributed by atoms with Crippen LogP contribution in [0, 0.1) is 6.92 Å². The fraction of sp³-hybridized carbons (Fsp3) is 0.464. The average Bonchev–Trinajstić information content (AvgIpc) is 2.85. The number of ether oxygens (including phenoxy) is 1. The van der Waals surface area contributed by atoms with Crippen molar-refractivity contribution >= 4 is 21.4 Å². The third-order valence-corrected chi connectivity index (χ3v) is 9.05. The van der Waals surface area contributed by atoms with Crippen molar-refractivity contribution in [1.29, 1.82) is 0 Å². The topological polar surface area (TPSA) is 118 Å². The van der Waals surface area contributed by atoms with E-state index in [9.17, 15) is 8.42 Å². The minimum absolute atomic E-state index is 0.0419. The quantitative estimate of drug-likeness (QED) is 0.429. The van der Waals surface area contributed by atoms with Crippen LogP contribution in [-0.4, -0.2) is 38.7 Å². The second-order valence-electron chi connectivity index (χ2n) is 10.4. The molecule has 2 aliphatic rings. The summed E-state index contributed by atoms with van der Waals surface area (Å²) < 4.78 is 32.1. The molecule has 37 heavy (non-hydrogen) atoms. The Bertz CT molecular complexity index is 1300. The molecule has 200 valence electrons. The summed E-state index contributed by atoms with van der Waals surface area (Å²) in [6.45, 7) is 11.5.